The molecule has 1 aliphatic heterocycles. The van der Waals surface area contributed by atoms with Crippen LogP contribution < -0.4 is 5.73 Å². The molecule has 0 saturated carbocycles. The Labute approximate surface area is 88.6 Å². The topological polar surface area (TPSA) is 55.6 Å². The summed E-state index contributed by atoms with van der Waals surface area (Å²) in [5.41, 5.74) is 7.42. The zero-order valence-corrected chi connectivity index (χ0v) is 8.48. The van der Waals surface area contributed by atoms with E-state index in [0.717, 1.165) is 24.2 Å². The molecular formula is C11H14N2O2. The van der Waals surface area contributed by atoms with Gasteiger partial charge in [0.05, 0.1) is 6.61 Å². The zero-order chi connectivity index (χ0) is 10.7. The van der Waals surface area contributed by atoms with E-state index < -0.39 is 0 Å². The summed E-state index contributed by atoms with van der Waals surface area (Å²) in [6.07, 6.45) is 0.664. The molecule has 0 bridgehead atoms. The van der Waals surface area contributed by atoms with Gasteiger partial charge in [0.15, 0.2) is 0 Å². The molecule has 1 fully saturated rings. The molecule has 1 saturated heterocycles. The van der Waals surface area contributed by atoms with E-state index in [0.29, 0.717) is 13.2 Å². The number of nitrogens with zero attached hydrogens (tertiary/aromatic N) is 1. The van der Waals surface area contributed by atoms with E-state index in [1.165, 1.54) is 0 Å². The molecule has 0 spiro atoms. The Kier molecular flexibility index (Phi) is 2.76. The summed E-state index contributed by atoms with van der Waals surface area (Å²) in [4.78, 5) is 13.0. The van der Waals surface area contributed by atoms with E-state index in [4.69, 9.17) is 10.5 Å². The first kappa shape index (κ1) is 9.83. The van der Waals surface area contributed by atoms with Gasteiger partial charge in [-0.15, -0.1) is 0 Å². The van der Waals surface area contributed by atoms with E-state index in [-0.39, 0.29) is 6.09 Å². The summed E-state index contributed by atoms with van der Waals surface area (Å²) in [7, 11) is 0. The van der Waals surface area contributed by atoms with E-state index in [1.54, 1.807) is 4.90 Å². The number of cyclic esters (lactones) is 1. The SMILES string of the molecule is Nc1cccc(CN2CCCOC2=O)c1. The highest BCUT2D eigenvalue weighted by atomic mass is 16.6. The van der Waals surface area contributed by atoms with Crippen molar-refractivity contribution < 1.29 is 9.53 Å². The molecule has 80 valence electrons. The third kappa shape index (κ3) is 2.40. The fourth-order valence-corrected chi connectivity index (χ4v) is 1.65. The molecule has 0 radical (unpaired) electrons. The Morgan fingerprint density at radius 3 is 3.07 bits per heavy atom. The van der Waals surface area contributed by atoms with Crippen LogP contribution in [0.1, 0.15) is 12.0 Å². The second-order valence-electron chi connectivity index (χ2n) is 3.63. The Balaban J connectivity index is 2.04. The molecule has 2 rings (SSSR count). The number of carbonyl (C=O) groups excluding carboxylic acids is 1. The zero-order valence-electron chi connectivity index (χ0n) is 8.48. The van der Waals surface area contributed by atoms with Crippen molar-refractivity contribution in [2.24, 2.45) is 0 Å². The lowest BCUT2D eigenvalue weighted by atomic mass is 10.2. The lowest BCUT2D eigenvalue weighted by molar-refractivity contribution is 0.0700. The first-order valence-corrected chi connectivity index (χ1v) is 5.02. The highest BCUT2D eigenvalue weighted by molar-refractivity contribution is 5.68. The van der Waals surface area contributed by atoms with Crippen molar-refractivity contribution in [3.63, 3.8) is 0 Å². The van der Waals surface area contributed by atoms with Crippen LogP contribution in [0.15, 0.2) is 24.3 Å². The maximum Gasteiger partial charge on any atom is 0.410 e. The molecule has 0 aliphatic carbocycles. The number of ether oxygens (including phenoxy) is 1. The molecule has 0 unspecified atom stereocenters. The van der Waals surface area contributed by atoms with Gasteiger partial charge in [-0.25, -0.2) is 4.79 Å². The second kappa shape index (κ2) is 4.21. The van der Waals surface area contributed by atoms with Gasteiger partial charge in [0.2, 0.25) is 0 Å². The number of rotatable bonds is 2. The Hall–Kier alpha value is -1.71. The quantitative estimate of drug-likeness (QED) is 0.748. The standard InChI is InChI=1S/C11H14N2O2/c12-10-4-1-3-9(7-10)8-13-5-2-6-15-11(13)14/h1,3-4,7H,2,5-6,8,12H2. The third-order valence-corrected chi connectivity index (χ3v) is 2.38. The number of nitrogen functional groups attached to an aromatic ring is 1. The summed E-state index contributed by atoms with van der Waals surface area (Å²) >= 11 is 0. The van der Waals surface area contributed by atoms with E-state index in [9.17, 15) is 4.79 Å². The van der Waals surface area contributed by atoms with Gasteiger partial charge in [-0.1, -0.05) is 12.1 Å². The Morgan fingerprint density at radius 1 is 1.47 bits per heavy atom. The third-order valence-electron chi connectivity index (χ3n) is 2.38. The summed E-state index contributed by atoms with van der Waals surface area (Å²) in [6.45, 7) is 1.86. The van der Waals surface area contributed by atoms with Gasteiger partial charge in [0.1, 0.15) is 0 Å². The maximum absolute atomic E-state index is 11.4. The lowest BCUT2D eigenvalue weighted by Crippen LogP contribution is -2.37. The van der Waals surface area contributed by atoms with Crippen molar-refractivity contribution in [3.8, 4) is 0 Å². The second-order valence-corrected chi connectivity index (χ2v) is 3.63. The van der Waals surface area contributed by atoms with Crippen molar-refractivity contribution in [3.05, 3.63) is 29.8 Å². The molecule has 1 aromatic carbocycles. The number of anilines is 1. The number of benzene rings is 1. The van der Waals surface area contributed by atoms with Crippen LogP contribution >= 0.6 is 0 Å². The molecular weight excluding hydrogens is 192 g/mol. The van der Waals surface area contributed by atoms with Gasteiger partial charge in [-0.3, -0.25) is 0 Å². The molecule has 2 N–H and O–H groups in total. The molecule has 1 amide bonds. The van der Waals surface area contributed by atoms with Crippen LogP contribution in [0.2, 0.25) is 0 Å². The predicted molar refractivity (Wildman–Crippen MR) is 57.2 cm³/mol. The Bertz CT molecular complexity index is 365. The highest BCUT2D eigenvalue weighted by Gasteiger charge is 2.19. The number of hydrogen-bond acceptors (Lipinski definition) is 3. The monoisotopic (exact) mass is 206 g/mol. The number of nitrogens with two attached hydrogens (primary N) is 1. The molecule has 1 aliphatic rings. The predicted octanol–water partition coefficient (Wildman–Crippen LogP) is 1.61. The molecule has 15 heavy (non-hydrogen) atoms. The minimum Gasteiger partial charge on any atom is -0.449 e. The first-order valence-electron chi connectivity index (χ1n) is 5.02. The van der Waals surface area contributed by atoms with Crippen LogP contribution in [-0.4, -0.2) is 24.1 Å². The molecule has 0 atom stereocenters. The molecule has 4 nitrogen and oxygen atoms in total. The lowest BCUT2D eigenvalue weighted by Gasteiger charge is -2.26. The largest absolute Gasteiger partial charge is 0.449 e. The van der Waals surface area contributed by atoms with Gasteiger partial charge >= 0.3 is 6.09 Å². The van der Waals surface area contributed by atoms with Crippen molar-refractivity contribution in [1.29, 1.82) is 0 Å². The van der Waals surface area contributed by atoms with Gasteiger partial charge in [0, 0.05) is 18.8 Å². The number of carbonyl (C=O) groups is 1. The normalized spacial score (nSPS) is 16.3. The summed E-state index contributed by atoms with van der Waals surface area (Å²) in [5.74, 6) is 0. The average Bonchev–Trinajstić information content (AvgIpc) is 2.22. The fourth-order valence-electron chi connectivity index (χ4n) is 1.65. The molecule has 1 heterocycles. The van der Waals surface area contributed by atoms with E-state index in [1.807, 2.05) is 24.3 Å². The van der Waals surface area contributed by atoms with Crippen molar-refractivity contribution in [1.82, 2.24) is 4.90 Å². The molecule has 1 aromatic rings. The first-order chi connectivity index (χ1) is 7.25. The van der Waals surface area contributed by atoms with Crippen LogP contribution in [0.3, 0.4) is 0 Å². The highest BCUT2D eigenvalue weighted by Crippen LogP contribution is 2.13. The average molecular weight is 206 g/mol. The van der Waals surface area contributed by atoms with Gasteiger partial charge < -0.3 is 15.4 Å². The summed E-state index contributed by atoms with van der Waals surface area (Å²) in [5, 5.41) is 0. The molecule has 4 heteroatoms. The van der Waals surface area contributed by atoms with E-state index in [2.05, 4.69) is 0 Å². The number of amides is 1. The van der Waals surface area contributed by atoms with Crippen molar-refractivity contribution in [2.75, 3.05) is 18.9 Å². The van der Waals surface area contributed by atoms with E-state index >= 15 is 0 Å². The maximum atomic E-state index is 11.4. The summed E-state index contributed by atoms with van der Waals surface area (Å²) < 4.78 is 4.95. The smallest absolute Gasteiger partial charge is 0.410 e. The fraction of sp³-hybridized carbons (Fsp3) is 0.364. The van der Waals surface area contributed by atoms with Gasteiger partial charge in [-0.2, -0.15) is 0 Å². The molecule has 0 aromatic heterocycles. The number of hydrogen-bond donors (Lipinski definition) is 1. The van der Waals surface area contributed by atoms with Crippen LogP contribution in [0.5, 0.6) is 0 Å². The van der Waals surface area contributed by atoms with Crippen LogP contribution in [0, 0.1) is 0 Å². The Morgan fingerprint density at radius 2 is 2.33 bits per heavy atom. The van der Waals surface area contributed by atoms with Crippen LogP contribution in [0.4, 0.5) is 10.5 Å². The van der Waals surface area contributed by atoms with Gasteiger partial charge in [0.25, 0.3) is 0 Å². The summed E-state index contributed by atoms with van der Waals surface area (Å²) in [6, 6.07) is 7.55. The minimum absolute atomic E-state index is 0.233. The van der Waals surface area contributed by atoms with Crippen molar-refractivity contribution >= 4 is 11.8 Å². The van der Waals surface area contributed by atoms with Gasteiger partial charge in [-0.05, 0) is 24.1 Å². The minimum atomic E-state index is -0.233. The van der Waals surface area contributed by atoms with Crippen LogP contribution in [-0.2, 0) is 11.3 Å². The van der Waals surface area contributed by atoms with Crippen molar-refractivity contribution in [2.45, 2.75) is 13.0 Å². The van der Waals surface area contributed by atoms with Crippen LogP contribution in [0.25, 0.3) is 0 Å².